The molecule has 0 saturated carbocycles. The first kappa shape index (κ1) is 24.8. The fourth-order valence-electron chi connectivity index (χ4n) is 2.69. The molecule has 2 amide bonds. The molecule has 0 aliphatic heterocycles. The zero-order valence-corrected chi connectivity index (χ0v) is 19.6. The van der Waals surface area contributed by atoms with Crippen LogP contribution < -0.4 is 20.2 Å². The number of hydrogen-bond donors (Lipinski definition) is 2. The van der Waals surface area contributed by atoms with Gasteiger partial charge in [-0.25, -0.2) is 10.2 Å². The number of carbonyl (C=O) groups excluding carboxylic acids is 3. The number of hydrogen-bond acceptors (Lipinski definition) is 6. The molecule has 2 N–H and O–H groups in total. The van der Waals surface area contributed by atoms with Gasteiger partial charge in [0.15, 0.2) is 11.5 Å². The van der Waals surface area contributed by atoms with Crippen molar-refractivity contribution in [1.82, 2.24) is 5.43 Å². The molecule has 0 atom stereocenters. The molecule has 0 aliphatic rings. The molecule has 0 saturated heterocycles. The third-order valence-corrected chi connectivity index (χ3v) is 5.00. The number of methoxy groups -OCH3 is 1. The Morgan fingerprint density at radius 3 is 2.35 bits per heavy atom. The number of carbonyl (C=O) groups is 3. The monoisotopic (exact) mass is 499 g/mol. The highest BCUT2D eigenvalue weighted by Gasteiger charge is 2.15. The molecule has 0 bridgehead atoms. The zero-order valence-electron chi connectivity index (χ0n) is 18.1. The number of amides is 2. The summed E-state index contributed by atoms with van der Waals surface area (Å²) in [5, 5.41) is 6.68. The van der Waals surface area contributed by atoms with Gasteiger partial charge in [0.1, 0.15) is 0 Å². The number of rotatable bonds is 6. The summed E-state index contributed by atoms with van der Waals surface area (Å²) < 4.78 is 10.7. The van der Waals surface area contributed by atoms with Crippen molar-refractivity contribution in [2.75, 3.05) is 12.4 Å². The van der Waals surface area contributed by atoms with E-state index in [9.17, 15) is 14.4 Å². The first-order valence-electron chi connectivity index (χ1n) is 9.83. The number of halogens is 2. The summed E-state index contributed by atoms with van der Waals surface area (Å²) in [6.07, 6.45) is 1.30. The van der Waals surface area contributed by atoms with Gasteiger partial charge in [0, 0.05) is 5.02 Å². The lowest BCUT2D eigenvalue weighted by Gasteiger charge is -2.10. The number of benzene rings is 3. The van der Waals surface area contributed by atoms with Gasteiger partial charge in [-0.3, -0.25) is 9.59 Å². The quantitative estimate of drug-likeness (QED) is 0.169. The highest BCUT2D eigenvalue weighted by Crippen LogP contribution is 2.28. The first-order chi connectivity index (χ1) is 16.3. The van der Waals surface area contributed by atoms with Crippen LogP contribution in [-0.4, -0.2) is 31.1 Å². The molecule has 3 aromatic rings. The van der Waals surface area contributed by atoms with Crippen molar-refractivity contribution in [3.8, 4) is 11.5 Å². The van der Waals surface area contributed by atoms with Crippen LogP contribution in [0.25, 0.3) is 0 Å². The van der Waals surface area contributed by atoms with Crippen molar-refractivity contribution in [3.63, 3.8) is 0 Å². The standard InChI is InChI=1S/C24H19Cl2N3O5/c1-14-3-6-16(7-4-14)24(32)34-20-10-5-15(11-21(20)33-2)13-27-29-23(31)22(30)28-19-12-17(25)8-9-18(19)26/h3-13H,1-2H3,(H,28,30)(H,29,31)/b27-13-. The summed E-state index contributed by atoms with van der Waals surface area (Å²) in [6.45, 7) is 1.92. The fraction of sp³-hybridized carbons (Fsp3) is 0.0833. The average molecular weight is 500 g/mol. The lowest BCUT2D eigenvalue weighted by molar-refractivity contribution is -0.136. The average Bonchev–Trinajstić information content (AvgIpc) is 2.82. The molecule has 8 nitrogen and oxygen atoms in total. The minimum Gasteiger partial charge on any atom is -0.493 e. The predicted molar refractivity (Wildman–Crippen MR) is 130 cm³/mol. The fourth-order valence-corrected chi connectivity index (χ4v) is 3.02. The number of aryl methyl sites for hydroxylation is 1. The number of nitrogens with zero attached hydrogens (tertiary/aromatic N) is 1. The highest BCUT2D eigenvalue weighted by atomic mass is 35.5. The molecule has 3 rings (SSSR count). The molecule has 0 fully saturated rings. The van der Waals surface area contributed by atoms with Gasteiger partial charge in [-0.1, -0.05) is 40.9 Å². The van der Waals surface area contributed by atoms with Crippen LogP contribution >= 0.6 is 23.2 Å². The first-order valence-corrected chi connectivity index (χ1v) is 10.6. The summed E-state index contributed by atoms with van der Waals surface area (Å²) >= 11 is 11.8. The van der Waals surface area contributed by atoms with E-state index in [4.69, 9.17) is 32.7 Å². The van der Waals surface area contributed by atoms with Crippen molar-refractivity contribution in [1.29, 1.82) is 0 Å². The third-order valence-electron chi connectivity index (χ3n) is 4.44. The molecular weight excluding hydrogens is 481 g/mol. The Morgan fingerprint density at radius 1 is 0.912 bits per heavy atom. The van der Waals surface area contributed by atoms with Gasteiger partial charge >= 0.3 is 17.8 Å². The lowest BCUT2D eigenvalue weighted by atomic mass is 10.1. The van der Waals surface area contributed by atoms with Gasteiger partial charge in [0.05, 0.1) is 29.6 Å². The predicted octanol–water partition coefficient (Wildman–Crippen LogP) is 4.62. The molecule has 0 heterocycles. The van der Waals surface area contributed by atoms with Gasteiger partial charge < -0.3 is 14.8 Å². The number of nitrogens with one attached hydrogen (secondary N) is 2. The molecule has 0 unspecified atom stereocenters. The number of ether oxygens (including phenoxy) is 2. The maximum atomic E-state index is 12.4. The van der Waals surface area contributed by atoms with E-state index in [1.165, 1.54) is 31.5 Å². The Morgan fingerprint density at radius 2 is 1.65 bits per heavy atom. The van der Waals surface area contributed by atoms with Crippen LogP contribution in [-0.2, 0) is 9.59 Å². The minimum absolute atomic E-state index is 0.193. The van der Waals surface area contributed by atoms with Gasteiger partial charge in [0.2, 0.25) is 0 Å². The van der Waals surface area contributed by atoms with E-state index in [2.05, 4.69) is 15.8 Å². The lowest BCUT2D eigenvalue weighted by Crippen LogP contribution is -2.32. The van der Waals surface area contributed by atoms with E-state index in [1.807, 2.05) is 19.1 Å². The molecule has 34 heavy (non-hydrogen) atoms. The molecule has 0 aliphatic carbocycles. The van der Waals surface area contributed by atoms with E-state index in [0.717, 1.165) is 5.56 Å². The van der Waals surface area contributed by atoms with Gasteiger partial charge in [-0.2, -0.15) is 5.10 Å². The van der Waals surface area contributed by atoms with E-state index in [-0.39, 0.29) is 22.2 Å². The zero-order chi connectivity index (χ0) is 24.7. The number of anilines is 1. The topological polar surface area (TPSA) is 106 Å². The Balaban J connectivity index is 1.61. The largest absolute Gasteiger partial charge is 0.493 e. The molecular formula is C24H19Cl2N3O5. The second-order valence-electron chi connectivity index (χ2n) is 6.94. The van der Waals surface area contributed by atoms with Crippen molar-refractivity contribution < 1.29 is 23.9 Å². The SMILES string of the molecule is COc1cc(/C=N\NC(=O)C(=O)Nc2cc(Cl)ccc2Cl)ccc1OC(=O)c1ccc(C)cc1. The summed E-state index contributed by atoms with van der Waals surface area (Å²) in [6, 6.07) is 16.1. The van der Waals surface area contributed by atoms with E-state index in [1.54, 1.807) is 30.3 Å². The molecule has 10 heteroatoms. The van der Waals surface area contributed by atoms with Crippen LogP contribution in [0.1, 0.15) is 21.5 Å². The van der Waals surface area contributed by atoms with Crippen molar-refractivity contribution in [2.24, 2.45) is 5.10 Å². The second-order valence-corrected chi connectivity index (χ2v) is 7.79. The Labute approximate surface area is 205 Å². The van der Waals surface area contributed by atoms with Crippen LogP contribution in [0.4, 0.5) is 5.69 Å². The Bertz CT molecular complexity index is 1260. The smallest absolute Gasteiger partial charge is 0.343 e. The van der Waals surface area contributed by atoms with Gasteiger partial charge in [0.25, 0.3) is 0 Å². The van der Waals surface area contributed by atoms with Crippen LogP contribution in [0.15, 0.2) is 65.8 Å². The van der Waals surface area contributed by atoms with E-state index < -0.39 is 17.8 Å². The summed E-state index contributed by atoms with van der Waals surface area (Å²) in [7, 11) is 1.42. The maximum Gasteiger partial charge on any atom is 0.343 e. The third kappa shape index (κ3) is 6.57. The molecule has 0 aromatic heterocycles. The van der Waals surface area contributed by atoms with E-state index >= 15 is 0 Å². The molecule has 174 valence electrons. The van der Waals surface area contributed by atoms with E-state index in [0.29, 0.717) is 16.1 Å². The molecule has 0 radical (unpaired) electrons. The van der Waals surface area contributed by atoms with Crippen LogP contribution in [0.2, 0.25) is 10.0 Å². The van der Waals surface area contributed by atoms with Crippen molar-refractivity contribution >= 4 is 52.9 Å². The van der Waals surface area contributed by atoms with Gasteiger partial charge in [-0.15, -0.1) is 0 Å². The second kappa shape index (κ2) is 11.3. The maximum absolute atomic E-state index is 12.4. The van der Waals surface area contributed by atoms with Crippen molar-refractivity contribution in [2.45, 2.75) is 6.92 Å². The van der Waals surface area contributed by atoms with Crippen LogP contribution in [0.5, 0.6) is 11.5 Å². The molecule has 0 spiro atoms. The number of hydrazone groups is 1. The normalized spacial score (nSPS) is 10.6. The highest BCUT2D eigenvalue weighted by molar-refractivity contribution is 6.42. The van der Waals surface area contributed by atoms with Crippen LogP contribution in [0.3, 0.4) is 0 Å². The Hall–Kier alpha value is -3.88. The van der Waals surface area contributed by atoms with Crippen LogP contribution in [0, 0.1) is 6.92 Å². The summed E-state index contributed by atoms with van der Waals surface area (Å²) in [5.41, 5.74) is 4.25. The Kier molecular flexibility index (Phi) is 8.24. The number of esters is 1. The molecule has 3 aromatic carbocycles. The summed E-state index contributed by atoms with van der Waals surface area (Å²) in [4.78, 5) is 36.4. The van der Waals surface area contributed by atoms with Crippen molar-refractivity contribution in [3.05, 3.63) is 87.4 Å². The minimum atomic E-state index is -1.01. The summed E-state index contributed by atoms with van der Waals surface area (Å²) in [5.74, 6) is -2.02. The van der Waals surface area contributed by atoms with Gasteiger partial charge in [-0.05, 0) is 61.0 Å².